The van der Waals surface area contributed by atoms with Crippen LogP contribution >= 0.6 is 11.6 Å². The van der Waals surface area contributed by atoms with Gasteiger partial charge in [0.2, 0.25) is 5.91 Å². The van der Waals surface area contributed by atoms with E-state index in [9.17, 15) is 5.11 Å². The van der Waals surface area contributed by atoms with Crippen molar-refractivity contribution in [1.82, 2.24) is 14.6 Å². The molecule has 1 aliphatic heterocycles. The van der Waals surface area contributed by atoms with Gasteiger partial charge in [-0.05, 0) is 23.1 Å². The van der Waals surface area contributed by atoms with Crippen LogP contribution in [0.1, 0.15) is 24.6 Å². The normalized spacial score (nSPS) is 25.8. The third kappa shape index (κ3) is 1.93. The molecule has 0 aliphatic carbocycles. The van der Waals surface area contributed by atoms with Gasteiger partial charge in [-0.15, -0.1) is 0 Å². The first-order chi connectivity index (χ1) is 9.54. The average molecular weight is 296 g/mol. The van der Waals surface area contributed by atoms with Gasteiger partial charge >= 0.3 is 0 Å². The molecule has 1 saturated heterocycles. The molecular weight excluding hydrogens is 286 g/mol. The van der Waals surface area contributed by atoms with Crippen LogP contribution in [0.3, 0.4) is 0 Å². The van der Waals surface area contributed by atoms with Crippen molar-refractivity contribution in [2.24, 2.45) is 5.11 Å². The van der Waals surface area contributed by atoms with E-state index in [-0.39, 0.29) is 12.2 Å². The summed E-state index contributed by atoms with van der Waals surface area (Å²) in [5.41, 5.74) is 15.3. The molecule has 0 saturated carbocycles. The van der Waals surface area contributed by atoms with Crippen LogP contribution in [0.4, 0.5) is 5.82 Å². The van der Waals surface area contributed by atoms with Crippen molar-refractivity contribution in [3.05, 3.63) is 33.6 Å². The summed E-state index contributed by atoms with van der Waals surface area (Å²) >= 11 is 6.11. The molecular formula is C10H10ClN7O2. The molecule has 104 valence electrons. The van der Waals surface area contributed by atoms with E-state index >= 15 is 0 Å². The van der Waals surface area contributed by atoms with E-state index < -0.39 is 12.0 Å². The fourth-order valence-electron chi connectivity index (χ4n) is 2.29. The molecule has 3 heterocycles. The topological polar surface area (TPSA) is 134 Å². The number of aromatic nitrogens is 3. The summed E-state index contributed by atoms with van der Waals surface area (Å²) < 4.78 is 6.90. The third-order valence-corrected chi connectivity index (χ3v) is 3.45. The molecule has 0 amide bonds. The van der Waals surface area contributed by atoms with Gasteiger partial charge in [-0.3, -0.25) is 0 Å². The highest BCUT2D eigenvalue weighted by Crippen LogP contribution is 2.40. The van der Waals surface area contributed by atoms with Crippen LogP contribution in [0.5, 0.6) is 0 Å². The number of hydrogen-bond acceptors (Lipinski definition) is 6. The Labute approximate surface area is 117 Å². The molecule has 2 atom stereocenters. The molecule has 1 aliphatic rings. The first kappa shape index (κ1) is 12.9. The quantitative estimate of drug-likeness (QED) is 0.494. The Morgan fingerprint density at radius 3 is 3.25 bits per heavy atom. The lowest BCUT2D eigenvalue weighted by Gasteiger charge is -2.16. The van der Waals surface area contributed by atoms with Crippen LogP contribution in [-0.4, -0.2) is 25.6 Å². The van der Waals surface area contributed by atoms with Gasteiger partial charge in [0.15, 0.2) is 5.82 Å². The lowest BCUT2D eigenvalue weighted by atomic mass is 10.2. The van der Waals surface area contributed by atoms with Gasteiger partial charge in [0, 0.05) is 11.3 Å². The Balaban J connectivity index is 2.05. The molecule has 10 heteroatoms. The van der Waals surface area contributed by atoms with Gasteiger partial charge < -0.3 is 15.6 Å². The van der Waals surface area contributed by atoms with Crippen LogP contribution in [-0.2, 0) is 4.74 Å². The summed E-state index contributed by atoms with van der Waals surface area (Å²) in [6.45, 7) is 0. The van der Waals surface area contributed by atoms with Gasteiger partial charge in [0.05, 0.1) is 10.7 Å². The minimum atomic E-state index is -1.84. The molecule has 0 aromatic carbocycles. The van der Waals surface area contributed by atoms with Crippen molar-refractivity contribution in [3.8, 4) is 0 Å². The standard InChI is InChI=1S/C10H10ClN7O2/c11-5-3-6(18-8(5)9(12)14-4-15-18)7-1-2-10(19,20-7)16-17-13/h3-4,7,19H,1-2H2,(H2,12,14,15)/t7-,10-/m1/s1. The molecule has 1 fully saturated rings. The number of nitrogen functional groups attached to an aromatic ring is 1. The second kappa shape index (κ2) is 4.50. The predicted octanol–water partition coefficient (Wildman–Crippen LogP) is 1.77. The van der Waals surface area contributed by atoms with Gasteiger partial charge in [-0.25, -0.2) is 9.50 Å². The second-order valence-electron chi connectivity index (χ2n) is 4.40. The molecule has 3 N–H and O–H groups in total. The van der Waals surface area contributed by atoms with Gasteiger partial charge in [-0.2, -0.15) is 5.10 Å². The van der Waals surface area contributed by atoms with E-state index in [2.05, 4.69) is 20.1 Å². The Hall–Kier alpha value is -2.06. The minimum Gasteiger partial charge on any atom is -0.382 e. The fraction of sp³-hybridized carbons (Fsp3) is 0.400. The first-order valence-corrected chi connectivity index (χ1v) is 6.16. The lowest BCUT2D eigenvalue weighted by molar-refractivity contribution is -0.188. The molecule has 0 spiro atoms. The number of nitrogens with zero attached hydrogens (tertiary/aromatic N) is 6. The van der Waals surface area contributed by atoms with E-state index in [1.165, 1.54) is 10.8 Å². The number of halogens is 1. The molecule has 9 nitrogen and oxygen atoms in total. The van der Waals surface area contributed by atoms with E-state index in [0.29, 0.717) is 22.7 Å². The summed E-state index contributed by atoms with van der Waals surface area (Å²) in [4.78, 5) is 6.44. The molecule has 3 rings (SSSR count). The molecule has 2 aromatic rings. The maximum Gasteiger partial charge on any atom is 0.247 e. The van der Waals surface area contributed by atoms with Gasteiger partial charge in [-0.1, -0.05) is 11.6 Å². The van der Waals surface area contributed by atoms with E-state index in [1.807, 2.05) is 0 Å². The van der Waals surface area contributed by atoms with Crippen molar-refractivity contribution in [3.63, 3.8) is 0 Å². The van der Waals surface area contributed by atoms with E-state index in [4.69, 9.17) is 27.6 Å². The Kier molecular flexibility index (Phi) is 2.91. The Bertz CT molecular complexity index is 726. The van der Waals surface area contributed by atoms with Crippen LogP contribution in [0, 0.1) is 0 Å². The van der Waals surface area contributed by atoms with E-state index in [1.54, 1.807) is 6.07 Å². The van der Waals surface area contributed by atoms with Crippen molar-refractivity contribution in [2.45, 2.75) is 24.9 Å². The highest BCUT2D eigenvalue weighted by atomic mass is 35.5. The maximum absolute atomic E-state index is 9.91. The van der Waals surface area contributed by atoms with Crippen LogP contribution in [0.2, 0.25) is 5.02 Å². The van der Waals surface area contributed by atoms with Gasteiger partial charge in [0.25, 0.3) is 0 Å². The second-order valence-corrected chi connectivity index (χ2v) is 4.81. The number of anilines is 1. The smallest absolute Gasteiger partial charge is 0.247 e. The number of nitrogens with two attached hydrogens (primary N) is 1. The molecule has 0 radical (unpaired) electrons. The average Bonchev–Trinajstić information content (AvgIpc) is 2.93. The third-order valence-electron chi connectivity index (χ3n) is 3.16. The zero-order chi connectivity index (χ0) is 14.3. The SMILES string of the molecule is [N-]=[N+]=N[C@@]1(O)CC[C@H](c2cc(Cl)c3c(N)ncnn23)O1. The predicted molar refractivity (Wildman–Crippen MR) is 69.6 cm³/mol. The zero-order valence-electron chi connectivity index (χ0n) is 10.1. The molecule has 0 unspecified atom stereocenters. The number of ether oxygens (including phenoxy) is 1. The fourth-order valence-corrected chi connectivity index (χ4v) is 2.58. The van der Waals surface area contributed by atoms with Crippen LogP contribution in [0.15, 0.2) is 17.5 Å². The monoisotopic (exact) mass is 295 g/mol. The number of hydrogen-bond donors (Lipinski definition) is 2. The highest BCUT2D eigenvalue weighted by molar-refractivity contribution is 6.34. The summed E-state index contributed by atoms with van der Waals surface area (Å²) in [6.07, 6.45) is 1.45. The summed E-state index contributed by atoms with van der Waals surface area (Å²) in [5.74, 6) is -1.59. The van der Waals surface area contributed by atoms with Crippen molar-refractivity contribution in [1.29, 1.82) is 0 Å². The van der Waals surface area contributed by atoms with Crippen molar-refractivity contribution in [2.75, 3.05) is 5.73 Å². The Morgan fingerprint density at radius 2 is 2.50 bits per heavy atom. The van der Waals surface area contributed by atoms with E-state index in [0.717, 1.165) is 0 Å². The number of aliphatic hydroxyl groups is 1. The summed E-state index contributed by atoms with van der Waals surface area (Å²) in [7, 11) is 0. The number of azide groups is 1. The van der Waals surface area contributed by atoms with Crippen LogP contribution < -0.4 is 5.73 Å². The maximum atomic E-state index is 9.91. The van der Waals surface area contributed by atoms with Crippen molar-refractivity contribution < 1.29 is 9.84 Å². The minimum absolute atomic E-state index is 0.188. The Morgan fingerprint density at radius 1 is 1.70 bits per heavy atom. The zero-order valence-corrected chi connectivity index (χ0v) is 10.9. The van der Waals surface area contributed by atoms with Crippen LogP contribution in [0.25, 0.3) is 16.0 Å². The summed E-state index contributed by atoms with van der Waals surface area (Å²) in [5, 5.41) is 17.6. The number of rotatable bonds is 2. The lowest BCUT2D eigenvalue weighted by Crippen LogP contribution is -2.23. The molecule has 0 bridgehead atoms. The molecule has 2 aromatic heterocycles. The van der Waals surface area contributed by atoms with Gasteiger partial charge in [0.1, 0.15) is 17.9 Å². The summed E-state index contributed by atoms with van der Waals surface area (Å²) in [6, 6.07) is 1.65. The number of fused-ring (bicyclic) bond motifs is 1. The molecule has 20 heavy (non-hydrogen) atoms. The largest absolute Gasteiger partial charge is 0.382 e. The van der Waals surface area contributed by atoms with Crippen molar-refractivity contribution >= 4 is 22.9 Å². The highest BCUT2D eigenvalue weighted by Gasteiger charge is 2.40. The first-order valence-electron chi connectivity index (χ1n) is 5.78.